The Morgan fingerprint density at radius 2 is 1.96 bits per heavy atom. The molecular formula is C20H22N4O2S. The van der Waals surface area contributed by atoms with E-state index in [4.69, 9.17) is 27.0 Å². The van der Waals surface area contributed by atoms with Gasteiger partial charge in [-0.1, -0.05) is 26.0 Å². The SMILES string of the molecule is COc1cc(/C=N\NC(=S)Nc2ccc(C(C)C)cc2)ccc1OCC#N. The summed E-state index contributed by atoms with van der Waals surface area (Å²) >= 11 is 5.24. The first-order valence-electron chi connectivity index (χ1n) is 8.41. The molecule has 0 aliphatic heterocycles. The van der Waals surface area contributed by atoms with Gasteiger partial charge in [0, 0.05) is 5.69 Å². The summed E-state index contributed by atoms with van der Waals surface area (Å²) in [5, 5.41) is 16.2. The molecule has 7 heteroatoms. The van der Waals surface area contributed by atoms with Crippen molar-refractivity contribution in [2.75, 3.05) is 19.0 Å². The first kappa shape index (κ1) is 20.2. The maximum Gasteiger partial charge on any atom is 0.191 e. The average molecular weight is 382 g/mol. The third kappa shape index (κ3) is 6.28. The number of hydrazone groups is 1. The van der Waals surface area contributed by atoms with Crippen LogP contribution in [-0.2, 0) is 0 Å². The van der Waals surface area contributed by atoms with E-state index >= 15 is 0 Å². The van der Waals surface area contributed by atoms with Crippen LogP contribution in [0.25, 0.3) is 0 Å². The molecule has 0 saturated carbocycles. The van der Waals surface area contributed by atoms with Crippen molar-refractivity contribution in [3.63, 3.8) is 0 Å². The maximum absolute atomic E-state index is 8.59. The van der Waals surface area contributed by atoms with E-state index < -0.39 is 0 Å². The van der Waals surface area contributed by atoms with Crippen LogP contribution in [-0.4, -0.2) is 25.0 Å². The number of hydrogen-bond acceptors (Lipinski definition) is 5. The van der Waals surface area contributed by atoms with Crippen molar-refractivity contribution < 1.29 is 9.47 Å². The molecule has 2 rings (SSSR count). The van der Waals surface area contributed by atoms with E-state index in [0.29, 0.717) is 22.5 Å². The van der Waals surface area contributed by atoms with Crippen LogP contribution in [0, 0.1) is 11.3 Å². The number of nitrogens with one attached hydrogen (secondary N) is 2. The predicted octanol–water partition coefficient (Wildman–Crippen LogP) is 4.04. The lowest BCUT2D eigenvalue weighted by atomic mass is 10.0. The Balaban J connectivity index is 1.92. The minimum atomic E-state index is -0.0383. The molecule has 2 N–H and O–H groups in total. The monoisotopic (exact) mass is 382 g/mol. The van der Waals surface area contributed by atoms with Crippen molar-refractivity contribution in [2.45, 2.75) is 19.8 Å². The lowest BCUT2D eigenvalue weighted by molar-refractivity contribution is 0.329. The van der Waals surface area contributed by atoms with Crippen molar-refractivity contribution in [2.24, 2.45) is 5.10 Å². The molecule has 0 aliphatic carbocycles. The molecule has 0 saturated heterocycles. The summed E-state index contributed by atoms with van der Waals surface area (Å²) in [7, 11) is 1.54. The summed E-state index contributed by atoms with van der Waals surface area (Å²) in [5.41, 5.74) is 5.74. The molecule has 2 aromatic carbocycles. The van der Waals surface area contributed by atoms with Gasteiger partial charge in [0.1, 0.15) is 6.07 Å². The third-order valence-corrected chi connectivity index (χ3v) is 3.89. The van der Waals surface area contributed by atoms with Crippen molar-refractivity contribution in [3.8, 4) is 17.6 Å². The normalized spacial score (nSPS) is 10.5. The second-order valence-electron chi connectivity index (χ2n) is 5.96. The van der Waals surface area contributed by atoms with Crippen molar-refractivity contribution in [1.82, 2.24) is 5.43 Å². The Hall–Kier alpha value is -3.11. The Bertz CT molecular complexity index is 842. The van der Waals surface area contributed by atoms with E-state index in [1.165, 1.54) is 12.7 Å². The summed E-state index contributed by atoms with van der Waals surface area (Å²) in [6.45, 7) is 4.27. The number of methoxy groups -OCH3 is 1. The van der Waals surface area contributed by atoms with E-state index in [1.807, 2.05) is 24.3 Å². The van der Waals surface area contributed by atoms with Crippen LogP contribution in [0.5, 0.6) is 11.5 Å². The van der Waals surface area contributed by atoms with Gasteiger partial charge in [-0.2, -0.15) is 10.4 Å². The molecule has 27 heavy (non-hydrogen) atoms. The van der Waals surface area contributed by atoms with Gasteiger partial charge in [-0.25, -0.2) is 0 Å². The van der Waals surface area contributed by atoms with Crippen LogP contribution in [0.1, 0.15) is 30.9 Å². The van der Waals surface area contributed by atoms with Gasteiger partial charge in [0.25, 0.3) is 0 Å². The van der Waals surface area contributed by atoms with Gasteiger partial charge in [-0.15, -0.1) is 0 Å². The van der Waals surface area contributed by atoms with Crippen LogP contribution in [0.4, 0.5) is 5.69 Å². The second-order valence-corrected chi connectivity index (χ2v) is 6.37. The highest BCUT2D eigenvalue weighted by Gasteiger charge is 2.05. The highest BCUT2D eigenvalue weighted by molar-refractivity contribution is 7.80. The summed E-state index contributed by atoms with van der Waals surface area (Å²) in [6.07, 6.45) is 1.62. The predicted molar refractivity (Wildman–Crippen MR) is 112 cm³/mol. The van der Waals surface area contributed by atoms with E-state index in [-0.39, 0.29) is 6.61 Å². The van der Waals surface area contributed by atoms with E-state index in [0.717, 1.165) is 11.3 Å². The molecule has 0 heterocycles. The fourth-order valence-electron chi connectivity index (χ4n) is 2.27. The quantitative estimate of drug-likeness (QED) is 0.427. The van der Waals surface area contributed by atoms with Crippen LogP contribution >= 0.6 is 12.2 Å². The van der Waals surface area contributed by atoms with Crippen molar-refractivity contribution in [3.05, 3.63) is 53.6 Å². The molecule has 0 unspecified atom stereocenters. The van der Waals surface area contributed by atoms with Gasteiger partial charge in [-0.05, 0) is 59.6 Å². The van der Waals surface area contributed by atoms with Gasteiger partial charge in [-0.3, -0.25) is 5.43 Å². The van der Waals surface area contributed by atoms with E-state index in [2.05, 4.69) is 41.8 Å². The largest absolute Gasteiger partial charge is 0.493 e. The van der Waals surface area contributed by atoms with E-state index in [9.17, 15) is 0 Å². The fourth-order valence-corrected chi connectivity index (χ4v) is 2.44. The molecule has 2 aromatic rings. The molecule has 140 valence electrons. The third-order valence-electron chi connectivity index (χ3n) is 3.69. The number of anilines is 1. The van der Waals surface area contributed by atoms with Gasteiger partial charge < -0.3 is 14.8 Å². The molecule has 0 aliphatic rings. The molecule has 0 atom stereocenters. The van der Waals surface area contributed by atoms with Gasteiger partial charge in [0.2, 0.25) is 0 Å². The summed E-state index contributed by atoms with van der Waals surface area (Å²) in [6, 6.07) is 15.3. The molecule has 0 aromatic heterocycles. The molecule has 6 nitrogen and oxygen atoms in total. The molecule has 0 amide bonds. The number of ether oxygens (including phenoxy) is 2. The number of benzene rings is 2. The van der Waals surface area contributed by atoms with Crippen LogP contribution in [0.15, 0.2) is 47.6 Å². The maximum atomic E-state index is 8.59. The highest BCUT2D eigenvalue weighted by Crippen LogP contribution is 2.27. The minimum absolute atomic E-state index is 0.0383. The number of nitriles is 1. The standard InChI is InChI=1S/C20H22N4O2S/c1-14(2)16-5-7-17(8-6-16)23-20(27)24-22-13-15-4-9-18(26-11-10-21)19(12-15)25-3/h4-9,12-14H,11H2,1-3H3,(H2,23,24,27)/b22-13-. The smallest absolute Gasteiger partial charge is 0.191 e. The van der Waals surface area contributed by atoms with Crippen molar-refractivity contribution >= 4 is 29.2 Å². The summed E-state index contributed by atoms with van der Waals surface area (Å²) in [4.78, 5) is 0. The minimum Gasteiger partial charge on any atom is -0.493 e. The Labute approximate surface area is 164 Å². The molecular weight excluding hydrogens is 360 g/mol. The van der Waals surface area contributed by atoms with Gasteiger partial charge in [0.05, 0.1) is 13.3 Å². The lowest BCUT2D eigenvalue weighted by Crippen LogP contribution is -2.23. The number of nitrogens with zero attached hydrogens (tertiary/aromatic N) is 2. The number of thiocarbonyl (C=S) groups is 1. The topological polar surface area (TPSA) is 78.7 Å². The highest BCUT2D eigenvalue weighted by atomic mass is 32.1. The molecule has 0 fully saturated rings. The summed E-state index contributed by atoms with van der Waals surface area (Å²) in [5.74, 6) is 1.52. The lowest BCUT2D eigenvalue weighted by Gasteiger charge is -2.10. The Morgan fingerprint density at radius 3 is 2.59 bits per heavy atom. The van der Waals surface area contributed by atoms with Crippen molar-refractivity contribution in [1.29, 1.82) is 5.26 Å². The zero-order chi connectivity index (χ0) is 19.6. The fraction of sp³-hybridized carbons (Fsp3) is 0.250. The molecule has 0 bridgehead atoms. The van der Waals surface area contributed by atoms with Gasteiger partial charge in [0.15, 0.2) is 23.2 Å². The van der Waals surface area contributed by atoms with Gasteiger partial charge >= 0.3 is 0 Å². The van der Waals surface area contributed by atoms with Crippen LogP contribution < -0.4 is 20.2 Å². The average Bonchev–Trinajstić information content (AvgIpc) is 2.67. The summed E-state index contributed by atoms with van der Waals surface area (Å²) < 4.78 is 10.5. The number of hydrogen-bond donors (Lipinski definition) is 2. The first-order chi connectivity index (χ1) is 13.0. The van der Waals surface area contributed by atoms with Crippen LogP contribution in [0.3, 0.4) is 0 Å². The molecule has 0 spiro atoms. The van der Waals surface area contributed by atoms with E-state index in [1.54, 1.807) is 18.3 Å². The molecule has 0 radical (unpaired) electrons. The zero-order valence-electron chi connectivity index (χ0n) is 15.5. The Kier molecular flexibility index (Phi) is 7.59. The zero-order valence-corrected chi connectivity index (χ0v) is 16.3. The number of rotatable bonds is 7. The Morgan fingerprint density at radius 1 is 1.22 bits per heavy atom. The van der Waals surface area contributed by atoms with Crippen LogP contribution in [0.2, 0.25) is 0 Å². The first-order valence-corrected chi connectivity index (χ1v) is 8.82. The second kappa shape index (κ2) is 10.1.